The van der Waals surface area contributed by atoms with Gasteiger partial charge in [0.15, 0.2) is 17.3 Å². The number of nitrogens with zero attached hydrogens (tertiary/aromatic N) is 1. The molecule has 0 bridgehead atoms. The zero-order valence-electron chi connectivity index (χ0n) is 10.8. The third-order valence-corrected chi connectivity index (χ3v) is 3.62. The van der Waals surface area contributed by atoms with Crippen LogP contribution in [0.3, 0.4) is 0 Å². The minimum atomic E-state index is -1.49. The van der Waals surface area contributed by atoms with E-state index in [9.17, 15) is 13.6 Å². The van der Waals surface area contributed by atoms with E-state index < -0.39 is 39.7 Å². The number of nitrogens with two attached hydrogens (primary N) is 1. The van der Waals surface area contributed by atoms with Crippen molar-refractivity contribution < 1.29 is 18.7 Å². The molecule has 0 amide bonds. The summed E-state index contributed by atoms with van der Waals surface area (Å²) >= 11 is 5.66. The minimum absolute atomic E-state index is 0. The quantitative estimate of drug-likeness (QED) is 0.622. The summed E-state index contributed by atoms with van der Waals surface area (Å²) in [6.07, 6.45) is 1.53. The van der Waals surface area contributed by atoms with Gasteiger partial charge in [-0.25, -0.2) is 18.6 Å². The van der Waals surface area contributed by atoms with Crippen LogP contribution in [0.15, 0.2) is 24.4 Å². The van der Waals surface area contributed by atoms with Gasteiger partial charge in [0.1, 0.15) is 5.69 Å². The van der Waals surface area contributed by atoms with E-state index in [1.807, 2.05) is 0 Å². The van der Waals surface area contributed by atoms with Gasteiger partial charge >= 0.3 is 35.5 Å². The van der Waals surface area contributed by atoms with Crippen LogP contribution in [0, 0.1) is 11.6 Å². The van der Waals surface area contributed by atoms with Crippen molar-refractivity contribution in [2.45, 2.75) is 0 Å². The van der Waals surface area contributed by atoms with E-state index in [-0.39, 0.29) is 40.6 Å². The molecule has 1 aromatic carbocycles. The van der Waals surface area contributed by atoms with Crippen molar-refractivity contribution in [2.75, 3.05) is 5.73 Å². The topological polar surface area (TPSA) is 92.0 Å². The number of nitrogen functional groups attached to an aromatic ring is 1. The number of H-pyrrole nitrogens is 1. The van der Waals surface area contributed by atoms with Crippen LogP contribution in [-0.2, 0) is 0 Å². The Labute approximate surface area is 155 Å². The zero-order chi connectivity index (χ0) is 16.0. The number of fused-ring (bicyclic) bond motifs is 1. The molecule has 0 spiro atoms. The Balaban J connectivity index is 0.00000192. The van der Waals surface area contributed by atoms with Crippen LogP contribution in [0.2, 0.25) is 5.02 Å². The van der Waals surface area contributed by atoms with Gasteiger partial charge in [0, 0.05) is 17.1 Å². The van der Waals surface area contributed by atoms with Crippen molar-refractivity contribution in [3.8, 4) is 11.3 Å². The number of hydrogen-bond acceptors (Lipinski definition) is 3. The monoisotopic (exact) mass is 347 g/mol. The summed E-state index contributed by atoms with van der Waals surface area (Å²) in [5, 5.41) is 9.10. The van der Waals surface area contributed by atoms with Gasteiger partial charge in [0.25, 0.3) is 0 Å². The number of pyridine rings is 1. The molecule has 2 heterocycles. The molecular weight excluding hydrogens is 339 g/mol. The number of carboxylic acid groups (broad SMARTS) is 1. The van der Waals surface area contributed by atoms with Gasteiger partial charge in [-0.1, -0.05) is 17.7 Å². The van der Waals surface area contributed by atoms with Gasteiger partial charge in [0.05, 0.1) is 16.2 Å². The molecule has 0 atom stereocenters. The molecule has 0 unspecified atom stereocenters. The van der Waals surface area contributed by atoms with E-state index in [4.69, 9.17) is 22.4 Å². The number of hydrogen-bond donors (Lipinski definition) is 3. The first-order valence-electron chi connectivity index (χ1n) is 6.05. The molecule has 9 heteroatoms. The number of carboxylic acids is 1. The number of rotatable bonds is 2. The number of anilines is 1. The number of aromatic nitrogens is 2. The van der Waals surface area contributed by atoms with Crippen molar-refractivity contribution in [2.24, 2.45) is 0 Å². The molecule has 0 aliphatic heterocycles. The number of aromatic amines is 1. The SMILES string of the molecule is Nc1c(F)c(-c2ccc3cc[nH]c3c2F)nc(C(=O)O)c1Cl.[NaH]. The molecule has 0 saturated heterocycles. The number of benzene rings is 1. The number of halogens is 3. The van der Waals surface area contributed by atoms with Crippen LogP contribution in [-0.4, -0.2) is 50.6 Å². The summed E-state index contributed by atoms with van der Waals surface area (Å²) in [7, 11) is 0. The number of nitrogens with one attached hydrogen (secondary N) is 1. The Morgan fingerprint density at radius 2 is 1.96 bits per heavy atom. The molecule has 0 aliphatic rings. The van der Waals surface area contributed by atoms with Crippen LogP contribution in [0.25, 0.3) is 22.2 Å². The van der Waals surface area contributed by atoms with Crippen LogP contribution in [0.4, 0.5) is 14.5 Å². The van der Waals surface area contributed by atoms with E-state index in [2.05, 4.69) is 9.97 Å². The van der Waals surface area contributed by atoms with E-state index in [1.165, 1.54) is 12.3 Å². The molecule has 3 aromatic rings. The zero-order valence-corrected chi connectivity index (χ0v) is 11.6. The second-order valence-corrected chi connectivity index (χ2v) is 4.90. The Morgan fingerprint density at radius 1 is 1.26 bits per heavy atom. The van der Waals surface area contributed by atoms with Gasteiger partial charge < -0.3 is 15.8 Å². The van der Waals surface area contributed by atoms with E-state index in [1.54, 1.807) is 12.1 Å². The molecule has 2 aromatic heterocycles. The van der Waals surface area contributed by atoms with Gasteiger partial charge in [0.2, 0.25) is 0 Å². The van der Waals surface area contributed by atoms with Crippen LogP contribution < -0.4 is 5.73 Å². The summed E-state index contributed by atoms with van der Waals surface area (Å²) < 4.78 is 28.7. The fourth-order valence-corrected chi connectivity index (χ4v) is 2.36. The third-order valence-electron chi connectivity index (χ3n) is 3.23. The molecular formula is C14H9ClF2N3NaO2. The Morgan fingerprint density at radius 3 is 2.61 bits per heavy atom. The predicted molar refractivity (Wildman–Crippen MR) is 85.0 cm³/mol. The standard InChI is InChI=1S/C14H8ClF2N3O2.Na.H/c15-7-10(18)9(17)12(20-13(7)14(21)22)6-2-1-5-3-4-19-11(5)8(6)16;;/h1-4,19H,(H2,18,20)(H,21,22);;. The number of aromatic carboxylic acids is 1. The summed E-state index contributed by atoms with van der Waals surface area (Å²) in [6, 6.07) is 4.50. The molecule has 114 valence electrons. The number of carbonyl (C=O) groups is 1. The molecule has 0 radical (unpaired) electrons. The molecule has 0 saturated carbocycles. The van der Waals surface area contributed by atoms with Gasteiger partial charge in [-0.15, -0.1) is 0 Å². The van der Waals surface area contributed by atoms with E-state index in [0.717, 1.165) is 0 Å². The van der Waals surface area contributed by atoms with Crippen LogP contribution >= 0.6 is 11.6 Å². The van der Waals surface area contributed by atoms with Crippen molar-refractivity contribution in [1.29, 1.82) is 0 Å². The Hall–Kier alpha value is -1.67. The van der Waals surface area contributed by atoms with Crippen molar-refractivity contribution in [3.05, 3.63) is 46.7 Å². The summed E-state index contributed by atoms with van der Waals surface area (Å²) in [4.78, 5) is 17.4. The fraction of sp³-hybridized carbons (Fsp3) is 0. The second kappa shape index (κ2) is 6.45. The van der Waals surface area contributed by atoms with Crippen LogP contribution in [0.5, 0.6) is 0 Å². The molecule has 0 fully saturated rings. The summed E-state index contributed by atoms with van der Waals surface area (Å²) in [5.74, 6) is -3.31. The Kier molecular flexibility index (Phi) is 4.95. The first-order valence-corrected chi connectivity index (χ1v) is 6.43. The van der Waals surface area contributed by atoms with Crippen molar-refractivity contribution in [3.63, 3.8) is 0 Å². The van der Waals surface area contributed by atoms with E-state index in [0.29, 0.717) is 5.39 Å². The van der Waals surface area contributed by atoms with Gasteiger partial charge in [-0.05, 0) is 12.1 Å². The van der Waals surface area contributed by atoms with Crippen molar-refractivity contribution in [1.82, 2.24) is 9.97 Å². The molecule has 3 rings (SSSR count). The first kappa shape index (κ1) is 17.7. The van der Waals surface area contributed by atoms with Gasteiger partial charge in [-0.3, -0.25) is 0 Å². The Bertz CT molecular complexity index is 930. The molecule has 23 heavy (non-hydrogen) atoms. The van der Waals surface area contributed by atoms with Crippen LogP contribution in [0.1, 0.15) is 10.5 Å². The predicted octanol–water partition coefficient (Wildman–Crippen LogP) is 2.79. The summed E-state index contributed by atoms with van der Waals surface area (Å²) in [5.41, 5.74) is 3.68. The molecule has 5 nitrogen and oxygen atoms in total. The third kappa shape index (κ3) is 2.81. The average Bonchev–Trinajstić information content (AvgIpc) is 2.95. The molecule has 0 aliphatic carbocycles. The molecule has 4 N–H and O–H groups in total. The summed E-state index contributed by atoms with van der Waals surface area (Å²) in [6.45, 7) is 0. The average molecular weight is 348 g/mol. The first-order chi connectivity index (χ1) is 10.4. The van der Waals surface area contributed by atoms with Crippen molar-refractivity contribution >= 4 is 63.7 Å². The normalized spacial score (nSPS) is 10.6. The van der Waals surface area contributed by atoms with Gasteiger partial charge in [-0.2, -0.15) is 0 Å². The van der Waals surface area contributed by atoms with E-state index >= 15 is 0 Å². The fourth-order valence-electron chi connectivity index (χ4n) is 2.16. The second-order valence-electron chi connectivity index (χ2n) is 4.52. The maximum atomic E-state index is 14.5. The maximum absolute atomic E-state index is 14.5.